The van der Waals surface area contributed by atoms with Gasteiger partial charge in [0.25, 0.3) is 0 Å². The zero-order valence-corrected chi connectivity index (χ0v) is 19.3. The summed E-state index contributed by atoms with van der Waals surface area (Å²) in [5, 5.41) is 4.45. The summed E-state index contributed by atoms with van der Waals surface area (Å²) in [5.74, 6) is -0.574. The molecule has 32 heavy (non-hydrogen) atoms. The van der Waals surface area contributed by atoms with Gasteiger partial charge in [0, 0.05) is 17.3 Å². The maximum absolute atomic E-state index is 14.3. The predicted molar refractivity (Wildman–Crippen MR) is 113 cm³/mol. The van der Waals surface area contributed by atoms with E-state index in [1.165, 1.54) is 11.0 Å². The number of halogens is 1. The molecule has 3 rings (SSSR count). The Morgan fingerprint density at radius 2 is 1.94 bits per heavy atom. The predicted octanol–water partition coefficient (Wildman–Crippen LogP) is 3.13. The van der Waals surface area contributed by atoms with Crippen molar-refractivity contribution in [2.75, 3.05) is 19.7 Å². The first-order valence-electron chi connectivity index (χ1n) is 10.5. The van der Waals surface area contributed by atoms with Gasteiger partial charge in [-0.1, -0.05) is 0 Å². The highest BCUT2D eigenvalue weighted by molar-refractivity contribution is 5.73. The van der Waals surface area contributed by atoms with E-state index in [1.54, 1.807) is 39.3 Å². The second kappa shape index (κ2) is 9.13. The van der Waals surface area contributed by atoms with E-state index < -0.39 is 17.5 Å². The summed E-state index contributed by atoms with van der Waals surface area (Å²) >= 11 is 0. The lowest BCUT2D eigenvalue weighted by Crippen LogP contribution is -2.57. The summed E-state index contributed by atoms with van der Waals surface area (Å²) < 4.78 is 32.0. The maximum Gasteiger partial charge on any atom is 0.410 e. The van der Waals surface area contributed by atoms with Gasteiger partial charge in [0.05, 0.1) is 38.0 Å². The molecule has 10 heteroatoms. The molecule has 1 saturated heterocycles. The fraction of sp³-hybridized carbons (Fsp3) is 0.545. The first-order chi connectivity index (χ1) is 15.0. The molecule has 0 aromatic carbocycles. The van der Waals surface area contributed by atoms with Crippen LogP contribution < -0.4 is 4.74 Å². The van der Waals surface area contributed by atoms with E-state index >= 15 is 0 Å². The monoisotopic (exact) mass is 448 g/mol. The molecule has 9 nitrogen and oxygen atoms in total. The number of nitrogens with zero attached hydrogens (tertiary/aromatic N) is 4. The molecule has 0 N–H and O–H groups in total. The summed E-state index contributed by atoms with van der Waals surface area (Å²) in [5.41, 5.74) is 1.53. The highest BCUT2D eigenvalue weighted by Gasteiger charge is 2.35. The van der Waals surface area contributed by atoms with Crippen molar-refractivity contribution in [3.8, 4) is 11.6 Å². The van der Waals surface area contributed by atoms with E-state index in [1.807, 2.05) is 6.92 Å². The second-order valence-corrected chi connectivity index (χ2v) is 8.64. The number of aromatic nitrogens is 3. The van der Waals surface area contributed by atoms with Crippen LogP contribution in [-0.2, 0) is 20.7 Å². The van der Waals surface area contributed by atoms with Crippen molar-refractivity contribution in [1.29, 1.82) is 0 Å². The van der Waals surface area contributed by atoms with Crippen molar-refractivity contribution >= 4 is 12.1 Å². The molecule has 174 valence electrons. The van der Waals surface area contributed by atoms with Crippen LogP contribution in [0.15, 0.2) is 12.3 Å². The quantitative estimate of drug-likeness (QED) is 0.627. The maximum atomic E-state index is 14.3. The van der Waals surface area contributed by atoms with Gasteiger partial charge in [-0.2, -0.15) is 5.10 Å². The minimum absolute atomic E-state index is 0.0170. The third kappa shape index (κ3) is 5.35. The standard InChI is InChI=1S/C22H29FN4O5/c1-7-30-20(28)8-16-13(2)25-27(14(16)3)19-9-18(17(23)10-24-19)31-15-11-26(12-15)21(29)32-22(4,5)6/h9-10,15H,7-8,11-12H2,1-6H3. The molecule has 0 bridgehead atoms. The van der Waals surface area contributed by atoms with Gasteiger partial charge >= 0.3 is 12.1 Å². The van der Waals surface area contributed by atoms with Crippen LogP contribution in [0, 0.1) is 19.7 Å². The number of amides is 1. The molecule has 0 aliphatic carbocycles. The van der Waals surface area contributed by atoms with Crippen molar-refractivity contribution in [2.24, 2.45) is 0 Å². The smallest absolute Gasteiger partial charge is 0.410 e. The van der Waals surface area contributed by atoms with Crippen LogP contribution in [0.2, 0.25) is 0 Å². The number of hydrogen-bond acceptors (Lipinski definition) is 7. The van der Waals surface area contributed by atoms with Gasteiger partial charge in [0.1, 0.15) is 11.7 Å². The second-order valence-electron chi connectivity index (χ2n) is 8.64. The number of esters is 1. The molecule has 0 spiro atoms. The van der Waals surface area contributed by atoms with E-state index in [-0.39, 0.29) is 24.2 Å². The average Bonchev–Trinajstić information content (AvgIpc) is 2.92. The van der Waals surface area contributed by atoms with Crippen molar-refractivity contribution in [3.05, 3.63) is 35.0 Å². The molecule has 0 atom stereocenters. The summed E-state index contributed by atoms with van der Waals surface area (Å²) in [7, 11) is 0. The largest absolute Gasteiger partial charge is 0.483 e. The first kappa shape index (κ1) is 23.5. The molecule has 0 unspecified atom stereocenters. The summed E-state index contributed by atoms with van der Waals surface area (Å²) in [6.45, 7) is 11.6. The summed E-state index contributed by atoms with van der Waals surface area (Å²) in [4.78, 5) is 29.6. The van der Waals surface area contributed by atoms with Gasteiger partial charge in [-0.3, -0.25) is 4.79 Å². The van der Waals surface area contributed by atoms with Crippen molar-refractivity contribution < 1.29 is 28.2 Å². The lowest BCUT2D eigenvalue weighted by molar-refractivity contribution is -0.142. The molecule has 1 fully saturated rings. The molecule has 0 saturated carbocycles. The Morgan fingerprint density at radius 3 is 2.56 bits per heavy atom. The highest BCUT2D eigenvalue weighted by atomic mass is 19.1. The van der Waals surface area contributed by atoms with Gasteiger partial charge in [0.2, 0.25) is 0 Å². The Kier molecular flexibility index (Phi) is 6.71. The fourth-order valence-corrected chi connectivity index (χ4v) is 3.29. The molecule has 0 radical (unpaired) electrons. The molecule has 2 aromatic heterocycles. The van der Waals surface area contributed by atoms with E-state index in [4.69, 9.17) is 14.2 Å². The number of pyridine rings is 1. The van der Waals surface area contributed by atoms with Crippen LogP contribution in [0.3, 0.4) is 0 Å². The number of aryl methyl sites for hydroxylation is 1. The Bertz CT molecular complexity index is 1010. The van der Waals surface area contributed by atoms with Gasteiger partial charge in [0.15, 0.2) is 17.4 Å². The average molecular weight is 448 g/mol. The van der Waals surface area contributed by atoms with Crippen LogP contribution >= 0.6 is 0 Å². The van der Waals surface area contributed by atoms with E-state index in [2.05, 4.69) is 10.1 Å². The summed E-state index contributed by atoms with van der Waals surface area (Å²) in [6, 6.07) is 1.46. The normalized spacial score (nSPS) is 14.2. The number of rotatable bonds is 6. The third-order valence-electron chi connectivity index (χ3n) is 4.88. The Balaban J connectivity index is 1.71. The topological polar surface area (TPSA) is 95.8 Å². The van der Waals surface area contributed by atoms with Crippen molar-refractivity contribution in [3.63, 3.8) is 0 Å². The molecule has 2 aromatic rings. The van der Waals surface area contributed by atoms with Crippen LogP contribution in [-0.4, -0.2) is 63.1 Å². The van der Waals surface area contributed by atoms with E-state index in [9.17, 15) is 14.0 Å². The van der Waals surface area contributed by atoms with Gasteiger partial charge < -0.3 is 19.1 Å². The van der Waals surface area contributed by atoms with E-state index in [0.717, 1.165) is 11.8 Å². The number of carbonyl (C=O) groups excluding carboxylic acids is 2. The van der Waals surface area contributed by atoms with Gasteiger partial charge in [-0.05, 0) is 41.5 Å². The first-order valence-corrected chi connectivity index (χ1v) is 10.5. The number of hydrogen-bond donors (Lipinski definition) is 0. The lowest BCUT2D eigenvalue weighted by Gasteiger charge is -2.39. The summed E-state index contributed by atoms with van der Waals surface area (Å²) in [6.07, 6.45) is 0.381. The molecule has 1 aliphatic heterocycles. The SMILES string of the molecule is CCOC(=O)Cc1c(C)nn(-c2cc(OC3CN(C(=O)OC(C)(C)C)C3)c(F)cn2)c1C. The van der Waals surface area contributed by atoms with E-state index in [0.29, 0.717) is 36.9 Å². The number of carbonyl (C=O) groups is 2. The Hall–Kier alpha value is -3.17. The van der Waals surface area contributed by atoms with Crippen LogP contribution in [0.5, 0.6) is 5.75 Å². The molecular weight excluding hydrogens is 419 g/mol. The molecule has 1 aliphatic rings. The minimum atomic E-state index is -0.613. The van der Waals surface area contributed by atoms with Crippen molar-refractivity contribution in [1.82, 2.24) is 19.7 Å². The highest BCUT2D eigenvalue weighted by Crippen LogP contribution is 2.26. The molecular formula is C22H29FN4O5. The molecule has 1 amide bonds. The van der Waals surface area contributed by atoms with Gasteiger partial charge in [-0.25, -0.2) is 18.9 Å². The number of ether oxygens (including phenoxy) is 3. The Morgan fingerprint density at radius 1 is 1.25 bits per heavy atom. The fourth-order valence-electron chi connectivity index (χ4n) is 3.29. The molecule has 3 heterocycles. The van der Waals surface area contributed by atoms with Crippen LogP contribution in [0.1, 0.15) is 44.6 Å². The third-order valence-corrected chi connectivity index (χ3v) is 4.88. The zero-order valence-electron chi connectivity index (χ0n) is 19.3. The lowest BCUT2D eigenvalue weighted by atomic mass is 10.1. The number of likely N-dealkylation sites (tertiary alicyclic amines) is 1. The zero-order chi connectivity index (χ0) is 23.6. The van der Waals surface area contributed by atoms with Crippen LogP contribution in [0.4, 0.5) is 9.18 Å². The van der Waals surface area contributed by atoms with Crippen molar-refractivity contribution in [2.45, 2.75) is 59.7 Å². The van der Waals surface area contributed by atoms with Gasteiger partial charge in [-0.15, -0.1) is 0 Å². The Labute approximate surface area is 186 Å². The minimum Gasteiger partial charge on any atom is -0.483 e. The van der Waals surface area contributed by atoms with Crippen LogP contribution in [0.25, 0.3) is 5.82 Å².